The fraction of sp³-hybridized carbons (Fsp3) is 0.391. The van der Waals surface area contributed by atoms with Gasteiger partial charge in [-0.2, -0.15) is 0 Å². The van der Waals surface area contributed by atoms with Crippen LogP contribution in [-0.4, -0.2) is 45.7 Å². The van der Waals surface area contributed by atoms with E-state index in [1.54, 1.807) is 25.4 Å². The number of rotatable bonds is 7. The topological polar surface area (TPSA) is 109 Å². The van der Waals surface area contributed by atoms with E-state index in [2.05, 4.69) is 25.6 Å². The van der Waals surface area contributed by atoms with Gasteiger partial charge in [-0.3, -0.25) is 9.78 Å². The molecule has 4 rings (SSSR count). The van der Waals surface area contributed by atoms with Crippen molar-refractivity contribution in [2.45, 2.75) is 38.1 Å². The van der Waals surface area contributed by atoms with Gasteiger partial charge in [0.15, 0.2) is 0 Å². The maximum atomic E-state index is 11.8. The van der Waals surface area contributed by atoms with Crippen molar-refractivity contribution in [3.63, 3.8) is 0 Å². The number of pyridine rings is 1. The van der Waals surface area contributed by atoms with Crippen LogP contribution < -0.4 is 15.4 Å². The Morgan fingerprint density at radius 2 is 1.97 bits per heavy atom. The Labute approximate surface area is 181 Å². The molecule has 1 aromatic carbocycles. The molecule has 0 spiro atoms. The third-order valence-corrected chi connectivity index (χ3v) is 5.71. The molecular formula is C23H27N5O3. The number of amides is 1. The SMILES string of the molecule is CNC(=O)c1cc(Oc2ccc3nc(N[C@@H](CO)C4CCCCC4)ncc3c2)ccn1. The molecule has 3 N–H and O–H groups in total. The minimum absolute atomic E-state index is 0.0263. The summed E-state index contributed by atoms with van der Waals surface area (Å²) in [4.78, 5) is 24.8. The Kier molecular flexibility index (Phi) is 6.57. The van der Waals surface area contributed by atoms with Crippen LogP contribution in [0.4, 0.5) is 5.95 Å². The van der Waals surface area contributed by atoms with Gasteiger partial charge in [0, 0.05) is 30.9 Å². The Bertz CT molecular complexity index is 1050. The molecule has 8 heteroatoms. The molecule has 1 fully saturated rings. The first-order valence-electron chi connectivity index (χ1n) is 10.7. The van der Waals surface area contributed by atoms with Gasteiger partial charge in [-0.25, -0.2) is 9.97 Å². The first kappa shape index (κ1) is 21.0. The number of aliphatic hydroxyl groups excluding tert-OH is 1. The van der Waals surface area contributed by atoms with Gasteiger partial charge in [-0.05, 0) is 43.0 Å². The lowest BCUT2D eigenvalue weighted by molar-refractivity contribution is 0.0958. The van der Waals surface area contributed by atoms with Crippen molar-refractivity contribution in [1.29, 1.82) is 0 Å². The summed E-state index contributed by atoms with van der Waals surface area (Å²) in [6.45, 7) is 0.0722. The number of nitrogens with zero attached hydrogens (tertiary/aromatic N) is 3. The summed E-state index contributed by atoms with van der Waals surface area (Å²) in [6, 6.07) is 8.80. The lowest BCUT2D eigenvalue weighted by Gasteiger charge is -2.29. The molecule has 1 saturated carbocycles. The monoisotopic (exact) mass is 421 g/mol. The van der Waals surface area contributed by atoms with Gasteiger partial charge in [-0.1, -0.05) is 19.3 Å². The molecule has 162 valence electrons. The molecule has 1 aliphatic carbocycles. The number of fused-ring (bicyclic) bond motifs is 1. The lowest BCUT2D eigenvalue weighted by Crippen LogP contribution is -2.34. The molecule has 8 nitrogen and oxygen atoms in total. The highest BCUT2D eigenvalue weighted by Crippen LogP contribution is 2.29. The van der Waals surface area contributed by atoms with Gasteiger partial charge in [0.25, 0.3) is 5.91 Å². The van der Waals surface area contributed by atoms with Crippen molar-refractivity contribution in [1.82, 2.24) is 20.3 Å². The summed E-state index contributed by atoms with van der Waals surface area (Å²) >= 11 is 0. The Morgan fingerprint density at radius 3 is 2.74 bits per heavy atom. The van der Waals surface area contributed by atoms with Gasteiger partial charge in [0.1, 0.15) is 17.2 Å². The second-order valence-corrected chi connectivity index (χ2v) is 7.80. The molecule has 31 heavy (non-hydrogen) atoms. The highest BCUT2D eigenvalue weighted by molar-refractivity contribution is 5.92. The van der Waals surface area contributed by atoms with Crippen LogP contribution in [-0.2, 0) is 0 Å². The number of carbonyl (C=O) groups is 1. The standard InChI is InChI=1S/C23H27N5O3/c1-24-22(30)20-12-18(9-10-25-20)31-17-7-8-19-16(11-17)13-26-23(27-19)28-21(14-29)15-5-3-2-4-6-15/h7-13,15,21,29H,2-6,14H2,1H3,(H,24,30)(H,26,27,28)/t21-/m0/s1. The first-order chi connectivity index (χ1) is 15.2. The quantitative estimate of drug-likeness (QED) is 0.535. The summed E-state index contributed by atoms with van der Waals surface area (Å²) in [5.41, 5.74) is 1.07. The number of aromatic nitrogens is 3. The Hall–Kier alpha value is -3.26. The average molecular weight is 422 g/mol. The summed E-state index contributed by atoms with van der Waals surface area (Å²) in [5.74, 6) is 1.84. The molecule has 1 atom stereocenters. The van der Waals surface area contributed by atoms with Crippen LogP contribution >= 0.6 is 0 Å². The van der Waals surface area contributed by atoms with E-state index in [0.717, 1.165) is 23.7 Å². The highest BCUT2D eigenvalue weighted by atomic mass is 16.5. The smallest absolute Gasteiger partial charge is 0.269 e. The van der Waals surface area contributed by atoms with Gasteiger partial charge in [-0.15, -0.1) is 0 Å². The van der Waals surface area contributed by atoms with Crippen LogP contribution in [0, 0.1) is 5.92 Å². The van der Waals surface area contributed by atoms with Crippen LogP contribution in [0.1, 0.15) is 42.6 Å². The van der Waals surface area contributed by atoms with Crippen molar-refractivity contribution in [2.24, 2.45) is 5.92 Å². The zero-order valence-corrected chi connectivity index (χ0v) is 17.5. The Morgan fingerprint density at radius 1 is 1.16 bits per heavy atom. The molecular weight excluding hydrogens is 394 g/mol. The zero-order chi connectivity index (χ0) is 21.6. The van der Waals surface area contributed by atoms with Crippen LogP contribution in [0.15, 0.2) is 42.7 Å². The third-order valence-electron chi connectivity index (χ3n) is 5.71. The number of nitrogens with one attached hydrogen (secondary N) is 2. The van der Waals surface area contributed by atoms with Crippen molar-refractivity contribution in [2.75, 3.05) is 19.0 Å². The third kappa shape index (κ3) is 5.08. The van der Waals surface area contributed by atoms with Gasteiger partial charge >= 0.3 is 0 Å². The van der Waals surface area contributed by atoms with E-state index in [4.69, 9.17) is 4.74 Å². The summed E-state index contributed by atoms with van der Waals surface area (Å²) in [5, 5.41) is 16.5. The van der Waals surface area contributed by atoms with Crippen LogP contribution in [0.2, 0.25) is 0 Å². The molecule has 0 saturated heterocycles. The summed E-state index contributed by atoms with van der Waals surface area (Å²) in [7, 11) is 1.56. The molecule has 2 heterocycles. The molecule has 0 aliphatic heterocycles. The fourth-order valence-electron chi connectivity index (χ4n) is 4.02. The van der Waals surface area contributed by atoms with E-state index in [0.29, 0.717) is 23.4 Å². The summed E-state index contributed by atoms with van der Waals surface area (Å²) < 4.78 is 5.89. The van der Waals surface area contributed by atoms with Gasteiger partial charge < -0.3 is 20.5 Å². The van der Waals surface area contributed by atoms with Crippen molar-refractivity contribution >= 4 is 22.8 Å². The van der Waals surface area contributed by atoms with Gasteiger partial charge in [0.2, 0.25) is 5.95 Å². The molecule has 1 amide bonds. The van der Waals surface area contributed by atoms with E-state index in [9.17, 15) is 9.90 Å². The van der Waals surface area contributed by atoms with E-state index >= 15 is 0 Å². The molecule has 1 aliphatic rings. The van der Waals surface area contributed by atoms with Crippen molar-refractivity contribution < 1.29 is 14.6 Å². The first-order valence-corrected chi connectivity index (χ1v) is 10.7. The van der Waals surface area contributed by atoms with Gasteiger partial charge in [0.05, 0.1) is 18.2 Å². The minimum Gasteiger partial charge on any atom is -0.457 e. The van der Waals surface area contributed by atoms with Crippen LogP contribution in [0.5, 0.6) is 11.5 Å². The lowest BCUT2D eigenvalue weighted by atomic mass is 9.84. The maximum Gasteiger partial charge on any atom is 0.269 e. The van der Waals surface area contributed by atoms with Crippen LogP contribution in [0.3, 0.4) is 0 Å². The van der Waals surface area contributed by atoms with E-state index in [1.165, 1.54) is 25.5 Å². The number of benzene rings is 1. The van der Waals surface area contributed by atoms with E-state index in [-0.39, 0.29) is 24.2 Å². The van der Waals surface area contributed by atoms with Crippen LogP contribution in [0.25, 0.3) is 10.9 Å². The maximum absolute atomic E-state index is 11.8. The number of hydrogen-bond donors (Lipinski definition) is 3. The predicted molar refractivity (Wildman–Crippen MR) is 118 cm³/mol. The van der Waals surface area contributed by atoms with E-state index in [1.807, 2.05) is 18.2 Å². The molecule has 0 unspecified atom stereocenters. The molecule has 0 radical (unpaired) electrons. The molecule has 0 bridgehead atoms. The number of carbonyl (C=O) groups excluding carboxylic acids is 1. The molecule has 3 aromatic rings. The zero-order valence-electron chi connectivity index (χ0n) is 17.5. The van der Waals surface area contributed by atoms with Crippen molar-refractivity contribution in [3.05, 3.63) is 48.4 Å². The fourth-order valence-corrected chi connectivity index (χ4v) is 4.02. The number of hydrogen-bond acceptors (Lipinski definition) is 7. The minimum atomic E-state index is -0.271. The normalized spacial score (nSPS) is 15.4. The number of anilines is 1. The Balaban J connectivity index is 1.48. The average Bonchev–Trinajstić information content (AvgIpc) is 2.82. The predicted octanol–water partition coefficient (Wildman–Crippen LogP) is 3.53. The summed E-state index contributed by atoms with van der Waals surface area (Å²) in [6.07, 6.45) is 9.24. The second-order valence-electron chi connectivity index (χ2n) is 7.80. The largest absolute Gasteiger partial charge is 0.457 e. The second kappa shape index (κ2) is 9.70. The number of aliphatic hydroxyl groups is 1. The van der Waals surface area contributed by atoms with E-state index < -0.39 is 0 Å². The highest BCUT2D eigenvalue weighted by Gasteiger charge is 2.23. The van der Waals surface area contributed by atoms with Crippen molar-refractivity contribution in [3.8, 4) is 11.5 Å². The molecule has 2 aromatic heterocycles. The number of ether oxygens (including phenoxy) is 1.